The molecule has 0 fully saturated rings. The third kappa shape index (κ3) is 1.45. The summed E-state index contributed by atoms with van der Waals surface area (Å²) in [7, 11) is 0. The highest BCUT2D eigenvalue weighted by atomic mass is 16.1. The summed E-state index contributed by atoms with van der Waals surface area (Å²) >= 11 is 0. The van der Waals surface area contributed by atoms with E-state index in [-0.39, 0.29) is 5.56 Å². The van der Waals surface area contributed by atoms with Gasteiger partial charge in [0, 0.05) is 17.8 Å². The Morgan fingerprint density at radius 2 is 2.14 bits per heavy atom. The summed E-state index contributed by atoms with van der Waals surface area (Å²) in [5.74, 6) is 0.596. The molecule has 0 saturated carbocycles. The monoisotopic (exact) mass is 190 g/mol. The lowest BCUT2D eigenvalue weighted by atomic mass is 10.0. The molecule has 0 radical (unpaired) electrons. The average Bonchev–Trinajstić information content (AvgIpc) is 2.58. The van der Waals surface area contributed by atoms with Crippen molar-refractivity contribution in [3.8, 4) is 0 Å². The van der Waals surface area contributed by atoms with Gasteiger partial charge in [0.25, 0.3) is 5.56 Å². The fraction of sp³-hybridized carbons (Fsp3) is 0.364. The number of pyridine rings is 1. The molecule has 0 amide bonds. The molecule has 3 nitrogen and oxygen atoms in total. The highest BCUT2D eigenvalue weighted by Gasteiger charge is 2.06. The lowest BCUT2D eigenvalue weighted by Crippen LogP contribution is -2.07. The molecule has 0 aliphatic carbocycles. The zero-order valence-electron chi connectivity index (χ0n) is 8.42. The van der Waals surface area contributed by atoms with E-state index < -0.39 is 0 Å². The normalized spacial score (nSPS) is 11.4. The maximum Gasteiger partial charge on any atom is 0.272 e. The van der Waals surface area contributed by atoms with Crippen LogP contribution in [0.3, 0.4) is 0 Å². The second kappa shape index (κ2) is 3.33. The van der Waals surface area contributed by atoms with Gasteiger partial charge in [0.2, 0.25) is 0 Å². The minimum absolute atomic E-state index is 0.0440. The van der Waals surface area contributed by atoms with Crippen LogP contribution in [0.4, 0.5) is 0 Å². The zero-order chi connectivity index (χ0) is 10.1. The van der Waals surface area contributed by atoms with Crippen LogP contribution >= 0.6 is 0 Å². The quantitative estimate of drug-likeness (QED) is 0.748. The molecule has 0 atom stereocenters. The number of rotatable bonds is 2. The average molecular weight is 190 g/mol. The summed E-state index contributed by atoms with van der Waals surface area (Å²) in [4.78, 5) is 17.1. The van der Waals surface area contributed by atoms with E-state index in [1.165, 1.54) is 5.56 Å². The summed E-state index contributed by atoms with van der Waals surface area (Å²) in [6.07, 6.45) is 4.62. The van der Waals surface area contributed by atoms with Gasteiger partial charge in [-0.1, -0.05) is 13.8 Å². The molecule has 0 unspecified atom stereocenters. The van der Waals surface area contributed by atoms with Crippen molar-refractivity contribution < 1.29 is 0 Å². The first-order valence-corrected chi connectivity index (χ1v) is 4.86. The summed E-state index contributed by atoms with van der Waals surface area (Å²) in [6, 6.07) is 1.96. The fourth-order valence-electron chi connectivity index (χ4n) is 1.74. The SMILES string of the molecule is CC(C)Cc1c[nH]c(=O)c2[nH]ccc12. The summed E-state index contributed by atoms with van der Waals surface area (Å²) in [5, 5.41) is 1.04. The first kappa shape index (κ1) is 9.06. The lowest BCUT2D eigenvalue weighted by Gasteiger charge is -2.05. The number of aromatic amines is 2. The van der Waals surface area contributed by atoms with Gasteiger partial charge in [-0.2, -0.15) is 0 Å². The van der Waals surface area contributed by atoms with E-state index in [0.717, 1.165) is 11.8 Å². The maximum absolute atomic E-state index is 11.4. The second-order valence-electron chi connectivity index (χ2n) is 4.01. The summed E-state index contributed by atoms with van der Waals surface area (Å²) in [5.41, 5.74) is 1.84. The Morgan fingerprint density at radius 3 is 2.86 bits per heavy atom. The molecule has 14 heavy (non-hydrogen) atoms. The first-order chi connectivity index (χ1) is 6.68. The predicted molar refractivity (Wildman–Crippen MR) is 57.5 cm³/mol. The van der Waals surface area contributed by atoms with Crippen molar-refractivity contribution in [3.63, 3.8) is 0 Å². The Labute approximate surface area is 82.2 Å². The Balaban J connectivity index is 2.61. The minimum atomic E-state index is -0.0440. The largest absolute Gasteiger partial charge is 0.357 e. The van der Waals surface area contributed by atoms with Crippen molar-refractivity contribution in [2.75, 3.05) is 0 Å². The van der Waals surface area contributed by atoms with Gasteiger partial charge in [0.15, 0.2) is 0 Å². The van der Waals surface area contributed by atoms with Crippen molar-refractivity contribution in [2.24, 2.45) is 5.92 Å². The van der Waals surface area contributed by atoms with E-state index >= 15 is 0 Å². The van der Waals surface area contributed by atoms with E-state index in [1.807, 2.05) is 18.5 Å². The molecule has 0 aliphatic rings. The molecule has 0 spiro atoms. The number of hydrogen-bond acceptors (Lipinski definition) is 1. The van der Waals surface area contributed by atoms with Crippen molar-refractivity contribution in [2.45, 2.75) is 20.3 Å². The van der Waals surface area contributed by atoms with Gasteiger partial charge in [0.05, 0.1) is 0 Å². The zero-order valence-corrected chi connectivity index (χ0v) is 8.42. The predicted octanol–water partition coefficient (Wildman–Crippen LogP) is 2.05. The molecule has 0 aromatic carbocycles. The molecule has 2 aromatic heterocycles. The highest BCUT2D eigenvalue weighted by Crippen LogP contribution is 2.16. The third-order valence-corrected chi connectivity index (χ3v) is 2.33. The number of nitrogens with one attached hydrogen (secondary N) is 2. The van der Waals surface area contributed by atoms with Crippen LogP contribution in [0.25, 0.3) is 10.9 Å². The Kier molecular flexibility index (Phi) is 2.15. The van der Waals surface area contributed by atoms with Crippen LogP contribution < -0.4 is 5.56 Å². The van der Waals surface area contributed by atoms with Crippen LogP contribution in [-0.2, 0) is 6.42 Å². The first-order valence-electron chi connectivity index (χ1n) is 4.86. The standard InChI is InChI=1S/C11H14N2O/c1-7(2)5-8-6-13-11(14)10-9(8)3-4-12-10/h3-4,6-7,12H,5H2,1-2H3,(H,13,14). The van der Waals surface area contributed by atoms with Gasteiger partial charge in [-0.3, -0.25) is 4.79 Å². The lowest BCUT2D eigenvalue weighted by molar-refractivity contribution is 0.648. The Hall–Kier alpha value is -1.51. The van der Waals surface area contributed by atoms with Crippen LogP contribution in [0.1, 0.15) is 19.4 Å². The van der Waals surface area contributed by atoms with Crippen LogP contribution in [0.2, 0.25) is 0 Å². The Morgan fingerprint density at radius 1 is 1.36 bits per heavy atom. The van der Waals surface area contributed by atoms with Gasteiger partial charge in [-0.25, -0.2) is 0 Å². The van der Waals surface area contributed by atoms with E-state index in [1.54, 1.807) is 0 Å². The number of aromatic nitrogens is 2. The van der Waals surface area contributed by atoms with Crippen molar-refractivity contribution in [1.82, 2.24) is 9.97 Å². The van der Waals surface area contributed by atoms with Crippen LogP contribution in [0.5, 0.6) is 0 Å². The topological polar surface area (TPSA) is 48.6 Å². The summed E-state index contributed by atoms with van der Waals surface area (Å²) in [6.45, 7) is 4.34. The van der Waals surface area contributed by atoms with Crippen molar-refractivity contribution in [1.29, 1.82) is 0 Å². The number of fused-ring (bicyclic) bond motifs is 1. The smallest absolute Gasteiger partial charge is 0.272 e. The Bertz CT molecular complexity index is 493. The molecule has 2 N–H and O–H groups in total. The molecule has 0 aliphatic heterocycles. The molecule has 2 rings (SSSR count). The van der Waals surface area contributed by atoms with Gasteiger partial charge in [-0.05, 0) is 24.0 Å². The molecular formula is C11H14N2O. The van der Waals surface area contributed by atoms with E-state index in [0.29, 0.717) is 11.4 Å². The van der Waals surface area contributed by atoms with Crippen LogP contribution in [-0.4, -0.2) is 9.97 Å². The molecular weight excluding hydrogens is 176 g/mol. The second-order valence-corrected chi connectivity index (χ2v) is 4.01. The summed E-state index contributed by atoms with van der Waals surface area (Å²) < 4.78 is 0. The molecule has 0 saturated heterocycles. The van der Waals surface area contributed by atoms with E-state index in [9.17, 15) is 4.79 Å². The van der Waals surface area contributed by atoms with Crippen molar-refractivity contribution in [3.05, 3.63) is 34.4 Å². The van der Waals surface area contributed by atoms with Crippen LogP contribution in [0.15, 0.2) is 23.3 Å². The number of hydrogen-bond donors (Lipinski definition) is 2. The minimum Gasteiger partial charge on any atom is -0.357 e. The van der Waals surface area contributed by atoms with Gasteiger partial charge < -0.3 is 9.97 Å². The molecule has 2 heterocycles. The molecule has 3 heteroatoms. The fourth-order valence-corrected chi connectivity index (χ4v) is 1.74. The molecule has 0 bridgehead atoms. The van der Waals surface area contributed by atoms with E-state index in [4.69, 9.17) is 0 Å². The van der Waals surface area contributed by atoms with Gasteiger partial charge >= 0.3 is 0 Å². The third-order valence-electron chi connectivity index (χ3n) is 2.33. The highest BCUT2D eigenvalue weighted by molar-refractivity contribution is 5.81. The van der Waals surface area contributed by atoms with Gasteiger partial charge in [-0.15, -0.1) is 0 Å². The molecule has 74 valence electrons. The molecule has 2 aromatic rings. The van der Waals surface area contributed by atoms with E-state index in [2.05, 4.69) is 23.8 Å². The maximum atomic E-state index is 11.4. The van der Waals surface area contributed by atoms with Crippen LogP contribution in [0, 0.1) is 5.92 Å². The van der Waals surface area contributed by atoms with Crippen molar-refractivity contribution >= 4 is 10.9 Å². The number of H-pyrrole nitrogens is 2. The van der Waals surface area contributed by atoms with Gasteiger partial charge in [0.1, 0.15) is 5.52 Å².